The van der Waals surface area contributed by atoms with Crippen molar-refractivity contribution in [1.82, 2.24) is 4.90 Å². The van der Waals surface area contributed by atoms with Gasteiger partial charge in [-0.15, -0.1) is 0 Å². The molecule has 1 aromatic rings. The lowest BCUT2D eigenvalue weighted by molar-refractivity contribution is -0.385. The highest BCUT2D eigenvalue weighted by Gasteiger charge is 2.24. The van der Waals surface area contributed by atoms with Crippen LogP contribution in [0.4, 0.5) is 5.69 Å². The van der Waals surface area contributed by atoms with Crippen LogP contribution in [0.25, 0.3) is 0 Å². The lowest BCUT2D eigenvalue weighted by Crippen LogP contribution is -2.34. The molecule has 0 N–H and O–H groups in total. The molecule has 0 radical (unpaired) electrons. The Morgan fingerprint density at radius 2 is 2.00 bits per heavy atom. The molecular weight excluding hydrogens is 312 g/mol. The predicted molar refractivity (Wildman–Crippen MR) is 77.2 cm³/mol. The molecule has 19 heavy (non-hydrogen) atoms. The second kappa shape index (κ2) is 5.69. The number of carbonyl (C=O) groups is 1. The number of nitro groups is 1. The van der Waals surface area contributed by atoms with Crippen molar-refractivity contribution in [1.29, 1.82) is 0 Å². The molecule has 0 fully saturated rings. The van der Waals surface area contributed by atoms with Crippen molar-refractivity contribution in [3.05, 3.63) is 38.3 Å². The zero-order valence-corrected chi connectivity index (χ0v) is 13.0. The van der Waals surface area contributed by atoms with Crippen LogP contribution in [0, 0.1) is 15.5 Å². The van der Waals surface area contributed by atoms with E-state index >= 15 is 0 Å². The number of halogens is 1. The largest absolute Gasteiger partial charge is 0.341 e. The van der Waals surface area contributed by atoms with Crippen LogP contribution >= 0.6 is 15.9 Å². The van der Waals surface area contributed by atoms with Crippen molar-refractivity contribution < 1.29 is 9.72 Å². The maximum Gasteiger partial charge on any atom is 0.284 e. The highest BCUT2D eigenvalue weighted by molar-refractivity contribution is 9.10. The fraction of sp³-hybridized carbons (Fsp3) is 0.462. The summed E-state index contributed by atoms with van der Waals surface area (Å²) in [6.45, 7) is 6.65. The van der Waals surface area contributed by atoms with E-state index in [0.29, 0.717) is 12.1 Å². The summed E-state index contributed by atoms with van der Waals surface area (Å²) in [5, 5.41) is 10.8. The highest BCUT2D eigenvalue weighted by Crippen LogP contribution is 2.29. The highest BCUT2D eigenvalue weighted by atomic mass is 79.9. The maximum atomic E-state index is 12.3. The van der Waals surface area contributed by atoms with Crippen LogP contribution in [-0.4, -0.2) is 29.3 Å². The maximum absolute atomic E-state index is 12.3. The third-order valence-electron chi connectivity index (χ3n) is 2.46. The first kappa shape index (κ1) is 15.6. The Morgan fingerprint density at radius 3 is 2.47 bits per heavy atom. The van der Waals surface area contributed by atoms with Gasteiger partial charge in [0.05, 0.1) is 10.5 Å². The summed E-state index contributed by atoms with van der Waals surface area (Å²) < 4.78 is 0.228. The van der Waals surface area contributed by atoms with E-state index in [1.807, 2.05) is 20.8 Å². The Morgan fingerprint density at radius 1 is 1.42 bits per heavy atom. The van der Waals surface area contributed by atoms with E-state index in [0.717, 1.165) is 0 Å². The predicted octanol–water partition coefficient (Wildman–Crippen LogP) is 3.48. The topological polar surface area (TPSA) is 63.5 Å². The van der Waals surface area contributed by atoms with E-state index in [9.17, 15) is 14.9 Å². The molecule has 0 saturated heterocycles. The fourth-order valence-electron chi connectivity index (χ4n) is 1.81. The van der Waals surface area contributed by atoms with Gasteiger partial charge in [0.2, 0.25) is 0 Å². The number of carbonyl (C=O) groups excluding carboxylic acids is 1. The third kappa shape index (κ3) is 4.02. The first-order valence-corrected chi connectivity index (χ1v) is 6.61. The number of amides is 1. The smallest absolute Gasteiger partial charge is 0.284 e. The van der Waals surface area contributed by atoms with Crippen LogP contribution in [0.2, 0.25) is 0 Å². The Labute approximate surface area is 120 Å². The molecule has 5 nitrogen and oxygen atoms in total. The van der Waals surface area contributed by atoms with Gasteiger partial charge in [0.1, 0.15) is 4.47 Å². The molecule has 0 atom stereocenters. The van der Waals surface area contributed by atoms with E-state index in [2.05, 4.69) is 15.9 Å². The van der Waals surface area contributed by atoms with E-state index in [1.165, 1.54) is 12.1 Å². The van der Waals surface area contributed by atoms with Crippen molar-refractivity contribution in [2.45, 2.75) is 20.8 Å². The zero-order chi connectivity index (χ0) is 14.8. The molecule has 0 saturated carbocycles. The van der Waals surface area contributed by atoms with Crippen molar-refractivity contribution in [2.75, 3.05) is 13.6 Å². The number of nitro benzene ring substituents is 1. The summed E-state index contributed by atoms with van der Waals surface area (Å²) in [7, 11) is 1.69. The monoisotopic (exact) mass is 328 g/mol. The molecule has 104 valence electrons. The minimum Gasteiger partial charge on any atom is -0.341 e. The molecule has 0 spiro atoms. The standard InChI is InChI=1S/C13H17BrN2O3/c1-13(2,3)8-15(4)12(17)9-6-5-7-10(11(9)14)16(18)19/h5-7H,8H2,1-4H3. The van der Waals surface area contributed by atoms with Gasteiger partial charge >= 0.3 is 0 Å². The third-order valence-corrected chi connectivity index (χ3v) is 3.30. The molecular formula is C13H17BrN2O3. The molecule has 6 heteroatoms. The van der Waals surface area contributed by atoms with Crippen LogP contribution in [0.1, 0.15) is 31.1 Å². The van der Waals surface area contributed by atoms with Gasteiger partial charge in [0.25, 0.3) is 11.6 Å². The molecule has 0 aromatic heterocycles. The number of rotatable bonds is 3. The number of hydrogen-bond acceptors (Lipinski definition) is 3. The molecule has 1 aromatic carbocycles. The molecule has 1 amide bonds. The Balaban J connectivity index is 3.07. The molecule has 1 rings (SSSR count). The SMILES string of the molecule is CN(CC(C)(C)C)C(=O)c1cccc([N+](=O)[O-])c1Br. The summed E-state index contributed by atoms with van der Waals surface area (Å²) in [5.41, 5.74) is 0.174. The number of nitrogens with zero attached hydrogens (tertiary/aromatic N) is 2. The average molecular weight is 329 g/mol. The van der Waals surface area contributed by atoms with Gasteiger partial charge < -0.3 is 4.90 Å². The van der Waals surface area contributed by atoms with Crippen molar-refractivity contribution in [3.63, 3.8) is 0 Å². The normalized spacial score (nSPS) is 11.2. The minimum absolute atomic E-state index is 0.0302. The van der Waals surface area contributed by atoms with E-state index < -0.39 is 4.92 Å². The van der Waals surface area contributed by atoms with E-state index in [-0.39, 0.29) is 21.5 Å². The van der Waals surface area contributed by atoms with Crippen LogP contribution in [0.15, 0.2) is 22.7 Å². The van der Waals surface area contributed by atoms with Crippen molar-refractivity contribution in [3.8, 4) is 0 Å². The molecule has 0 aliphatic carbocycles. The second-order valence-corrected chi connectivity index (χ2v) is 6.41. The van der Waals surface area contributed by atoms with Crippen molar-refractivity contribution >= 4 is 27.5 Å². The van der Waals surface area contributed by atoms with Gasteiger partial charge in [-0.05, 0) is 27.4 Å². The number of hydrogen-bond donors (Lipinski definition) is 0. The van der Waals surface area contributed by atoms with Crippen LogP contribution in [0.5, 0.6) is 0 Å². The Hall–Kier alpha value is -1.43. The summed E-state index contributed by atoms with van der Waals surface area (Å²) in [6.07, 6.45) is 0. The summed E-state index contributed by atoms with van der Waals surface area (Å²) in [6, 6.07) is 4.46. The summed E-state index contributed by atoms with van der Waals surface area (Å²) >= 11 is 3.14. The minimum atomic E-state index is -0.509. The first-order chi connectivity index (χ1) is 8.63. The quantitative estimate of drug-likeness (QED) is 0.630. The van der Waals surface area contributed by atoms with Gasteiger partial charge in [-0.1, -0.05) is 26.8 Å². The molecule has 0 heterocycles. The van der Waals surface area contributed by atoms with Gasteiger partial charge in [0, 0.05) is 19.7 Å². The zero-order valence-electron chi connectivity index (χ0n) is 11.4. The van der Waals surface area contributed by atoms with Crippen molar-refractivity contribution in [2.24, 2.45) is 5.41 Å². The first-order valence-electron chi connectivity index (χ1n) is 5.82. The average Bonchev–Trinajstić information content (AvgIpc) is 2.25. The van der Waals surface area contributed by atoms with Gasteiger partial charge in [-0.3, -0.25) is 14.9 Å². The van der Waals surface area contributed by atoms with Crippen LogP contribution < -0.4 is 0 Å². The summed E-state index contributed by atoms with van der Waals surface area (Å²) in [5.74, 6) is -0.231. The van der Waals surface area contributed by atoms with E-state index in [1.54, 1.807) is 18.0 Å². The molecule has 0 aliphatic heterocycles. The van der Waals surface area contributed by atoms with Gasteiger partial charge in [0.15, 0.2) is 0 Å². The molecule has 0 bridgehead atoms. The Bertz CT molecular complexity index is 509. The van der Waals surface area contributed by atoms with Crippen LogP contribution in [0.3, 0.4) is 0 Å². The van der Waals surface area contributed by atoms with Crippen LogP contribution in [-0.2, 0) is 0 Å². The Kier molecular flexibility index (Phi) is 4.68. The lowest BCUT2D eigenvalue weighted by Gasteiger charge is -2.26. The van der Waals surface area contributed by atoms with Gasteiger partial charge in [-0.25, -0.2) is 0 Å². The lowest BCUT2D eigenvalue weighted by atomic mass is 9.96. The summed E-state index contributed by atoms with van der Waals surface area (Å²) in [4.78, 5) is 24.2. The number of benzene rings is 1. The fourth-order valence-corrected chi connectivity index (χ4v) is 2.39. The van der Waals surface area contributed by atoms with E-state index in [4.69, 9.17) is 0 Å². The molecule has 0 aliphatic rings. The van der Waals surface area contributed by atoms with Gasteiger partial charge in [-0.2, -0.15) is 0 Å². The molecule has 0 unspecified atom stereocenters. The second-order valence-electron chi connectivity index (χ2n) is 5.62.